The van der Waals surface area contributed by atoms with E-state index in [-0.39, 0.29) is 24.2 Å². The molecule has 0 heterocycles. The van der Waals surface area contributed by atoms with E-state index in [4.69, 9.17) is 0 Å². The van der Waals surface area contributed by atoms with Gasteiger partial charge in [0.05, 0.1) is 12.1 Å². The Morgan fingerprint density at radius 2 is 0.725 bits per heavy atom. The first-order valence-corrected chi connectivity index (χ1v) is 14.3. The average molecular weight is 521 g/mol. The SMILES string of the molecule is C[C@@H](N[C@H](c1ccccc1)[C@H](N[C@H](C)c1cccc2ccccc12)c1ccccc1)c1cccc2ccccc12. The van der Waals surface area contributed by atoms with Gasteiger partial charge in [0.15, 0.2) is 0 Å². The maximum atomic E-state index is 4.07. The summed E-state index contributed by atoms with van der Waals surface area (Å²) in [4.78, 5) is 0. The second-order valence-corrected chi connectivity index (χ2v) is 10.7. The van der Waals surface area contributed by atoms with Crippen molar-refractivity contribution >= 4 is 21.5 Å². The molecule has 0 amide bonds. The van der Waals surface area contributed by atoms with E-state index in [2.05, 4.69) is 170 Å². The van der Waals surface area contributed by atoms with Crippen LogP contribution in [0.2, 0.25) is 0 Å². The van der Waals surface area contributed by atoms with Crippen LogP contribution in [0.1, 0.15) is 60.3 Å². The summed E-state index contributed by atoms with van der Waals surface area (Å²) in [7, 11) is 0. The lowest BCUT2D eigenvalue weighted by Crippen LogP contribution is -2.38. The van der Waals surface area contributed by atoms with E-state index < -0.39 is 0 Å². The number of benzene rings is 6. The van der Waals surface area contributed by atoms with Crippen LogP contribution >= 0.6 is 0 Å². The molecule has 0 radical (unpaired) electrons. The first-order chi connectivity index (χ1) is 19.7. The fraction of sp³-hybridized carbons (Fsp3) is 0.158. The zero-order valence-electron chi connectivity index (χ0n) is 23.2. The number of hydrogen-bond acceptors (Lipinski definition) is 2. The maximum Gasteiger partial charge on any atom is 0.0523 e. The summed E-state index contributed by atoms with van der Waals surface area (Å²) < 4.78 is 0. The van der Waals surface area contributed by atoms with Crippen LogP contribution in [0.15, 0.2) is 146 Å². The van der Waals surface area contributed by atoms with E-state index in [0.29, 0.717) is 0 Å². The van der Waals surface area contributed by atoms with Gasteiger partial charge in [-0.15, -0.1) is 0 Å². The molecule has 0 aliphatic rings. The van der Waals surface area contributed by atoms with Crippen LogP contribution in [0.3, 0.4) is 0 Å². The summed E-state index contributed by atoms with van der Waals surface area (Å²) in [5.74, 6) is 0. The minimum atomic E-state index is 0.0370. The largest absolute Gasteiger partial charge is 0.302 e. The average Bonchev–Trinajstić information content (AvgIpc) is 3.02. The Balaban J connectivity index is 1.41. The fourth-order valence-electron chi connectivity index (χ4n) is 6.06. The topological polar surface area (TPSA) is 24.1 Å². The molecule has 0 aliphatic carbocycles. The highest BCUT2D eigenvalue weighted by atomic mass is 15.1. The van der Waals surface area contributed by atoms with Gasteiger partial charge in [-0.2, -0.15) is 0 Å². The van der Waals surface area contributed by atoms with Crippen LogP contribution in [0.25, 0.3) is 21.5 Å². The van der Waals surface area contributed by atoms with Crippen molar-refractivity contribution in [2.24, 2.45) is 0 Å². The van der Waals surface area contributed by atoms with Gasteiger partial charge in [-0.05, 0) is 57.6 Å². The fourth-order valence-corrected chi connectivity index (χ4v) is 6.06. The first kappa shape index (κ1) is 26.0. The highest BCUT2D eigenvalue weighted by Crippen LogP contribution is 2.36. The van der Waals surface area contributed by atoms with Gasteiger partial charge in [-0.1, -0.05) is 146 Å². The van der Waals surface area contributed by atoms with Crippen LogP contribution in [0.5, 0.6) is 0 Å². The Morgan fingerprint density at radius 3 is 1.15 bits per heavy atom. The Bertz CT molecular complexity index is 1550. The van der Waals surface area contributed by atoms with Crippen LogP contribution in [0, 0.1) is 0 Å². The summed E-state index contributed by atoms with van der Waals surface area (Å²) in [5.41, 5.74) is 5.16. The summed E-state index contributed by atoms with van der Waals surface area (Å²) in [6, 6.07) is 52.7. The van der Waals surface area contributed by atoms with Crippen LogP contribution in [-0.2, 0) is 0 Å². The summed E-state index contributed by atoms with van der Waals surface area (Å²) in [6.07, 6.45) is 0. The molecule has 6 rings (SSSR count). The maximum absolute atomic E-state index is 4.07. The number of fused-ring (bicyclic) bond motifs is 2. The lowest BCUT2D eigenvalue weighted by atomic mass is 9.89. The van der Waals surface area contributed by atoms with Crippen molar-refractivity contribution in [3.05, 3.63) is 168 Å². The molecule has 0 spiro atoms. The third kappa shape index (κ3) is 5.42. The molecular weight excluding hydrogens is 484 g/mol. The zero-order valence-corrected chi connectivity index (χ0v) is 23.2. The molecule has 0 aromatic heterocycles. The van der Waals surface area contributed by atoms with E-state index >= 15 is 0 Å². The summed E-state index contributed by atoms with van der Waals surface area (Å²) in [6.45, 7) is 4.57. The minimum Gasteiger partial charge on any atom is -0.302 e. The van der Waals surface area contributed by atoms with Gasteiger partial charge in [0.1, 0.15) is 0 Å². The Labute approximate surface area is 237 Å². The molecule has 6 aromatic carbocycles. The van der Waals surface area contributed by atoms with Crippen LogP contribution < -0.4 is 10.6 Å². The highest BCUT2D eigenvalue weighted by molar-refractivity contribution is 5.86. The predicted octanol–water partition coefficient (Wildman–Crippen LogP) is 9.48. The van der Waals surface area contributed by atoms with Crippen molar-refractivity contribution in [2.75, 3.05) is 0 Å². The number of hydrogen-bond donors (Lipinski definition) is 2. The normalized spacial score (nSPS) is 14.6. The van der Waals surface area contributed by atoms with Crippen molar-refractivity contribution in [3.63, 3.8) is 0 Å². The lowest BCUT2D eigenvalue weighted by molar-refractivity contribution is 0.334. The lowest BCUT2D eigenvalue weighted by Gasteiger charge is -2.35. The van der Waals surface area contributed by atoms with E-state index in [1.807, 2.05) is 0 Å². The molecule has 0 unspecified atom stereocenters. The zero-order chi connectivity index (χ0) is 27.3. The van der Waals surface area contributed by atoms with E-state index in [1.165, 1.54) is 43.8 Å². The molecule has 40 heavy (non-hydrogen) atoms. The Hall–Kier alpha value is -4.24. The molecular formula is C38H36N2. The van der Waals surface area contributed by atoms with Crippen molar-refractivity contribution in [1.82, 2.24) is 10.6 Å². The van der Waals surface area contributed by atoms with Gasteiger partial charge in [0.25, 0.3) is 0 Å². The molecule has 6 aromatic rings. The van der Waals surface area contributed by atoms with Gasteiger partial charge >= 0.3 is 0 Å². The molecule has 0 fully saturated rings. The predicted molar refractivity (Wildman–Crippen MR) is 169 cm³/mol. The van der Waals surface area contributed by atoms with E-state index in [1.54, 1.807) is 0 Å². The molecule has 0 saturated carbocycles. The summed E-state index contributed by atoms with van der Waals surface area (Å²) in [5, 5.41) is 13.3. The van der Waals surface area contributed by atoms with E-state index in [9.17, 15) is 0 Å². The van der Waals surface area contributed by atoms with Crippen molar-refractivity contribution in [3.8, 4) is 0 Å². The van der Waals surface area contributed by atoms with Gasteiger partial charge in [-0.3, -0.25) is 0 Å². The Morgan fingerprint density at radius 1 is 0.375 bits per heavy atom. The number of rotatable bonds is 9. The molecule has 2 heteroatoms. The molecule has 4 atom stereocenters. The molecule has 0 bridgehead atoms. The molecule has 0 saturated heterocycles. The molecule has 2 N–H and O–H groups in total. The van der Waals surface area contributed by atoms with Crippen LogP contribution in [-0.4, -0.2) is 0 Å². The monoisotopic (exact) mass is 520 g/mol. The molecule has 0 aliphatic heterocycles. The smallest absolute Gasteiger partial charge is 0.0523 e. The van der Waals surface area contributed by atoms with Crippen molar-refractivity contribution < 1.29 is 0 Å². The third-order valence-electron chi connectivity index (χ3n) is 8.09. The summed E-state index contributed by atoms with van der Waals surface area (Å²) >= 11 is 0. The van der Waals surface area contributed by atoms with Gasteiger partial charge in [0, 0.05) is 12.1 Å². The van der Waals surface area contributed by atoms with Gasteiger partial charge in [-0.25, -0.2) is 0 Å². The molecule has 198 valence electrons. The van der Waals surface area contributed by atoms with Gasteiger partial charge in [0.2, 0.25) is 0 Å². The van der Waals surface area contributed by atoms with Gasteiger partial charge < -0.3 is 10.6 Å². The standard InChI is InChI=1S/C38H36N2/c1-27(33-25-13-21-29-15-9-11-23-35(29)33)39-37(31-17-5-3-6-18-31)38(32-19-7-4-8-20-32)40-28(2)34-26-14-22-30-16-10-12-24-36(30)34/h3-28,37-40H,1-2H3/t27-,28-,37-,38-/m1/s1. The minimum absolute atomic E-state index is 0.0370. The highest BCUT2D eigenvalue weighted by Gasteiger charge is 2.28. The quantitative estimate of drug-likeness (QED) is 0.198. The van der Waals surface area contributed by atoms with Crippen molar-refractivity contribution in [2.45, 2.75) is 38.0 Å². The van der Waals surface area contributed by atoms with Crippen molar-refractivity contribution in [1.29, 1.82) is 0 Å². The number of nitrogens with one attached hydrogen (secondary N) is 2. The second kappa shape index (κ2) is 11.9. The van der Waals surface area contributed by atoms with Crippen LogP contribution in [0.4, 0.5) is 0 Å². The second-order valence-electron chi connectivity index (χ2n) is 10.7. The molecule has 2 nitrogen and oxygen atoms in total. The Kier molecular flexibility index (Phi) is 7.72. The van der Waals surface area contributed by atoms with E-state index in [0.717, 1.165) is 0 Å². The first-order valence-electron chi connectivity index (χ1n) is 14.3. The third-order valence-corrected chi connectivity index (χ3v) is 8.09.